The van der Waals surface area contributed by atoms with Crippen LogP contribution < -0.4 is 10.5 Å². The number of nitrogens with zero attached hydrogens (tertiary/aromatic N) is 1. The van der Waals surface area contributed by atoms with E-state index >= 15 is 0 Å². The third-order valence-electron chi connectivity index (χ3n) is 4.46. The van der Waals surface area contributed by atoms with Gasteiger partial charge in [0.05, 0.1) is 7.11 Å². The van der Waals surface area contributed by atoms with E-state index in [-0.39, 0.29) is 17.6 Å². The normalized spacial score (nSPS) is 24.9. The van der Waals surface area contributed by atoms with Gasteiger partial charge in [-0.15, -0.1) is 0 Å². The second-order valence-corrected chi connectivity index (χ2v) is 5.58. The molecule has 112 valence electrons. The number of ether oxygens (including phenoxy) is 1. The van der Waals surface area contributed by atoms with Gasteiger partial charge in [-0.2, -0.15) is 0 Å². The average molecular weight is 280 g/mol. The number of methoxy groups -OCH3 is 1. The highest BCUT2D eigenvalue weighted by molar-refractivity contribution is 5.31. The standard InChI is InChI=1S/C16H25FN2O/c1-4-13-7-5-11(2)19(13)15(10-18)12-6-8-16(20-3)14(17)9-12/h6,8-9,11,13,15H,4-5,7,10,18H2,1-3H3. The van der Waals surface area contributed by atoms with Gasteiger partial charge in [-0.05, 0) is 43.9 Å². The second-order valence-electron chi connectivity index (χ2n) is 5.58. The van der Waals surface area contributed by atoms with Crippen LogP contribution in [-0.4, -0.2) is 30.6 Å². The molecule has 1 saturated heterocycles. The fraction of sp³-hybridized carbons (Fsp3) is 0.625. The van der Waals surface area contributed by atoms with E-state index in [0.717, 1.165) is 12.0 Å². The molecule has 0 bridgehead atoms. The highest BCUT2D eigenvalue weighted by Crippen LogP contribution is 2.35. The molecule has 2 rings (SSSR count). The fourth-order valence-corrected chi connectivity index (χ4v) is 3.39. The van der Waals surface area contributed by atoms with Gasteiger partial charge < -0.3 is 10.5 Å². The summed E-state index contributed by atoms with van der Waals surface area (Å²) >= 11 is 0. The first kappa shape index (κ1) is 15.3. The molecule has 0 saturated carbocycles. The molecule has 0 amide bonds. The van der Waals surface area contributed by atoms with Crippen LogP contribution in [0, 0.1) is 5.82 Å². The molecule has 1 aromatic rings. The number of rotatable bonds is 5. The van der Waals surface area contributed by atoms with E-state index in [1.54, 1.807) is 12.1 Å². The summed E-state index contributed by atoms with van der Waals surface area (Å²) in [5.41, 5.74) is 6.93. The van der Waals surface area contributed by atoms with Gasteiger partial charge in [-0.3, -0.25) is 4.90 Å². The van der Waals surface area contributed by atoms with Crippen LogP contribution in [0.25, 0.3) is 0 Å². The zero-order valence-electron chi connectivity index (χ0n) is 12.6. The van der Waals surface area contributed by atoms with Crippen molar-refractivity contribution in [2.24, 2.45) is 5.73 Å². The molecule has 2 N–H and O–H groups in total. The number of nitrogens with two attached hydrogens (primary N) is 1. The molecule has 3 nitrogen and oxygen atoms in total. The Morgan fingerprint density at radius 2 is 2.20 bits per heavy atom. The molecule has 0 aromatic heterocycles. The summed E-state index contributed by atoms with van der Waals surface area (Å²) in [6.45, 7) is 4.95. The first-order chi connectivity index (χ1) is 9.62. The summed E-state index contributed by atoms with van der Waals surface area (Å²) in [6.07, 6.45) is 3.50. The summed E-state index contributed by atoms with van der Waals surface area (Å²) in [7, 11) is 1.48. The Labute approximate surface area is 120 Å². The third-order valence-corrected chi connectivity index (χ3v) is 4.46. The molecule has 0 radical (unpaired) electrons. The maximum Gasteiger partial charge on any atom is 0.165 e. The van der Waals surface area contributed by atoms with Crippen LogP contribution in [0.1, 0.15) is 44.7 Å². The van der Waals surface area contributed by atoms with E-state index in [1.165, 1.54) is 20.0 Å². The highest BCUT2D eigenvalue weighted by atomic mass is 19.1. The first-order valence-corrected chi connectivity index (χ1v) is 7.43. The maximum absolute atomic E-state index is 13.9. The highest BCUT2D eigenvalue weighted by Gasteiger charge is 2.35. The zero-order valence-corrected chi connectivity index (χ0v) is 12.6. The lowest BCUT2D eigenvalue weighted by atomic mass is 10.0. The molecule has 1 fully saturated rings. The van der Waals surface area contributed by atoms with Crippen molar-refractivity contribution in [2.45, 2.75) is 51.2 Å². The molecule has 1 aliphatic rings. The Morgan fingerprint density at radius 1 is 1.45 bits per heavy atom. The molecular formula is C16H25FN2O. The van der Waals surface area contributed by atoms with Crippen molar-refractivity contribution < 1.29 is 9.13 Å². The number of hydrogen-bond donors (Lipinski definition) is 1. The van der Waals surface area contributed by atoms with Crippen LogP contribution in [-0.2, 0) is 0 Å². The van der Waals surface area contributed by atoms with Crippen LogP contribution in [0.15, 0.2) is 18.2 Å². The quantitative estimate of drug-likeness (QED) is 0.900. The molecule has 4 heteroatoms. The van der Waals surface area contributed by atoms with E-state index in [2.05, 4.69) is 18.7 Å². The topological polar surface area (TPSA) is 38.5 Å². The molecule has 0 aliphatic carbocycles. The summed E-state index contributed by atoms with van der Waals surface area (Å²) in [5, 5.41) is 0. The van der Waals surface area contributed by atoms with Crippen molar-refractivity contribution in [1.29, 1.82) is 0 Å². The van der Waals surface area contributed by atoms with Gasteiger partial charge in [0.1, 0.15) is 0 Å². The van der Waals surface area contributed by atoms with Crippen molar-refractivity contribution in [3.05, 3.63) is 29.6 Å². The number of halogens is 1. The van der Waals surface area contributed by atoms with Crippen LogP contribution in [0.5, 0.6) is 5.75 Å². The third kappa shape index (κ3) is 2.81. The van der Waals surface area contributed by atoms with E-state index < -0.39 is 0 Å². The minimum absolute atomic E-state index is 0.0813. The molecule has 1 aromatic carbocycles. The van der Waals surface area contributed by atoms with Crippen molar-refractivity contribution in [3.8, 4) is 5.75 Å². The average Bonchev–Trinajstić information content (AvgIpc) is 2.81. The van der Waals surface area contributed by atoms with Gasteiger partial charge in [0.25, 0.3) is 0 Å². The Morgan fingerprint density at radius 3 is 2.75 bits per heavy atom. The largest absolute Gasteiger partial charge is 0.494 e. The Bertz CT molecular complexity index is 452. The van der Waals surface area contributed by atoms with Gasteiger partial charge >= 0.3 is 0 Å². The second kappa shape index (κ2) is 6.55. The zero-order chi connectivity index (χ0) is 14.7. The number of hydrogen-bond acceptors (Lipinski definition) is 3. The smallest absolute Gasteiger partial charge is 0.165 e. The molecule has 20 heavy (non-hydrogen) atoms. The fourth-order valence-electron chi connectivity index (χ4n) is 3.39. The molecule has 1 heterocycles. The summed E-state index contributed by atoms with van der Waals surface area (Å²) < 4.78 is 18.9. The lowest BCUT2D eigenvalue weighted by Crippen LogP contribution is -2.41. The summed E-state index contributed by atoms with van der Waals surface area (Å²) in [5.74, 6) is -0.0330. The SMILES string of the molecule is CCC1CCC(C)N1C(CN)c1ccc(OC)c(F)c1. The van der Waals surface area contributed by atoms with Crippen LogP contribution in [0.4, 0.5) is 4.39 Å². The van der Waals surface area contributed by atoms with Gasteiger partial charge in [-0.1, -0.05) is 13.0 Å². The lowest BCUT2D eigenvalue weighted by molar-refractivity contribution is 0.136. The lowest BCUT2D eigenvalue weighted by Gasteiger charge is -2.35. The predicted octanol–water partition coefficient (Wildman–Crippen LogP) is 3.10. The molecule has 0 spiro atoms. The maximum atomic E-state index is 13.9. The first-order valence-electron chi connectivity index (χ1n) is 7.43. The summed E-state index contributed by atoms with van der Waals surface area (Å²) in [4.78, 5) is 2.46. The minimum Gasteiger partial charge on any atom is -0.494 e. The Kier molecular flexibility index (Phi) is 5.00. The monoisotopic (exact) mass is 280 g/mol. The van der Waals surface area contributed by atoms with Gasteiger partial charge in [0.15, 0.2) is 11.6 Å². The van der Waals surface area contributed by atoms with Crippen molar-refractivity contribution >= 4 is 0 Å². The Hall–Kier alpha value is -1.13. The van der Waals surface area contributed by atoms with Crippen LogP contribution in [0.2, 0.25) is 0 Å². The molecular weight excluding hydrogens is 255 g/mol. The number of benzene rings is 1. The van der Waals surface area contributed by atoms with Gasteiger partial charge in [0, 0.05) is 24.7 Å². The van der Waals surface area contributed by atoms with Gasteiger partial charge in [-0.25, -0.2) is 4.39 Å². The Balaban J connectivity index is 2.29. The van der Waals surface area contributed by atoms with E-state index in [1.807, 2.05) is 6.07 Å². The van der Waals surface area contributed by atoms with Crippen molar-refractivity contribution in [1.82, 2.24) is 4.90 Å². The predicted molar refractivity (Wildman–Crippen MR) is 79.4 cm³/mol. The van der Waals surface area contributed by atoms with Gasteiger partial charge in [0.2, 0.25) is 0 Å². The summed E-state index contributed by atoms with van der Waals surface area (Å²) in [6, 6.07) is 6.31. The van der Waals surface area contributed by atoms with Crippen molar-refractivity contribution in [2.75, 3.05) is 13.7 Å². The van der Waals surface area contributed by atoms with Crippen molar-refractivity contribution in [3.63, 3.8) is 0 Å². The van der Waals surface area contributed by atoms with E-state index in [4.69, 9.17) is 10.5 Å². The minimum atomic E-state index is -0.316. The molecule has 3 atom stereocenters. The van der Waals surface area contributed by atoms with Crippen LogP contribution >= 0.6 is 0 Å². The molecule has 1 aliphatic heterocycles. The number of likely N-dealkylation sites (tertiary alicyclic amines) is 1. The molecule has 3 unspecified atom stereocenters. The van der Waals surface area contributed by atoms with Crippen LogP contribution in [0.3, 0.4) is 0 Å². The van der Waals surface area contributed by atoms with E-state index in [9.17, 15) is 4.39 Å². The van der Waals surface area contributed by atoms with E-state index in [0.29, 0.717) is 18.6 Å².